The van der Waals surface area contributed by atoms with Crippen LogP contribution in [0.15, 0.2) is 0 Å². The standard InChI is InChI=1S/C13H27N3O.2ClH/c1-11-10-16(7-4-13(11)17)9-8-15-5-2-12(14)3-6-15;;/h11-13,17H,2-10,14H2,1H3;2*1H/t11-,13-;;/m0../s1. The zero-order valence-electron chi connectivity index (χ0n) is 11.8. The van der Waals surface area contributed by atoms with E-state index in [1.807, 2.05) is 0 Å². The van der Waals surface area contributed by atoms with Crippen LogP contribution in [0.3, 0.4) is 0 Å². The summed E-state index contributed by atoms with van der Waals surface area (Å²) in [5, 5.41) is 9.69. The first kappa shape index (κ1) is 19.4. The van der Waals surface area contributed by atoms with E-state index < -0.39 is 0 Å². The lowest BCUT2D eigenvalue weighted by molar-refractivity contribution is 0.0304. The second-order valence-corrected chi connectivity index (χ2v) is 5.81. The molecule has 2 aliphatic heterocycles. The molecule has 0 amide bonds. The van der Waals surface area contributed by atoms with E-state index in [0.29, 0.717) is 12.0 Å². The van der Waals surface area contributed by atoms with E-state index in [9.17, 15) is 5.11 Å². The van der Waals surface area contributed by atoms with Crippen molar-refractivity contribution in [1.82, 2.24) is 9.80 Å². The normalized spacial score (nSPS) is 30.5. The molecule has 0 unspecified atom stereocenters. The Labute approximate surface area is 129 Å². The highest BCUT2D eigenvalue weighted by atomic mass is 35.5. The van der Waals surface area contributed by atoms with Gasteiger partial charge in [0.25, 0.3) is 0 Å². The number of aliphatic hydroxyl groups is 1. The molecular formula is C13H29Cl2N3O. The van der Waals surface area contributed by atoms with Crippen molar-refractivity contribution in [3.8, 4) is 0 Å². The van der Waals surface area contributed by atoms with E-state index in [0.717, 1.165) is 58.5 Å². The number of hydrogen-bond donors (Lipinski definition) is 2. The molecule has 4 nitrogen and oxygen atoms in total. The van der Waals surface area contributed by atoms with Crippen LogP contribution in [0.5, 0.6) is 0 Å². The van der Waals surface area contributed by atoms with E-state index >= 15 is 0 Å². The van der Waals surface area contributed by atoms with Gasteiger partial charge in [-0.3, -0.25) is 0 Å². The van der Waals surface area contributed by atoms with Gasteiger partial charge in [-0.15, -0.1) is 24.8 Å². The smallest absolute Gasteiger partial charge is 0.0590 e. The summed E-state index contributed by atoms with van der Waals surface area (Å²) in [7, 11) is 0. The minimum absolute atomic E-state index is 0. The molecule has 0 spiro atoms. The maximum absolute atomic E-state index is 9.69. The second-order valence-electron chi connectivity index (χ2n) is 5.81. The summed E-state index contributed by atoms with van der Waals surface area (Å²) in [4.78, 5) is 5.02. The summed E-state index contributed by atoms with van der Waals surface area (Å²) in [6, 6.07) is 0.427. The van der Waals surface area contributed by atoms with Crippen molar-refractivity contribution in [3.05, 3.63) is 0 Å². The number of aliphatic hydroxyl groups excluding tert-OH is 1. The highest BCUT2D eigenvalue weighted by Crippen LogP contribution is 2.16. The molecule has 0 aromatic carbocycles. The van der Waals surface area contributed by atoms with Crippen molar-refractivity contribution >= 4 is 24.8 Å². The quantitative estimate of drug-likeness (QED) is 0.815. The predicted octanol–water partition coefficient (Wildman–Crippen LogP) is 0.956. The van der Waals surface area contributed by atoms with Crippen LogP contribution in [-0.2, 0) is 0 Å². The average Bonchev–Trinajstić information content (AvgIpc) is 2.33. The summed E-state index contributed by atoms with van der Waals surface area (Å²) in [5.41, 5.74) is 5.90. The van der Waals surface area contributed by atoms with Gasteiger partial charge in [0.2, 0.25) is 0 Å². The number of piperidine rings is 2. The number of nitrogens with two attached hydrogens (primary N) is 1. The molecule has 0 aromatic heterocycles. The van der Waals surface area contributed by atoms with Gasteiger partial charge in [-0.25, -0.2) is 0 Å². The molecule has 2 rings (SSSR count). The lowest BCUT2D eigenvalue weighted by Crippen LogP contribution is -2.47. The number of nitrogens with zero attached hydrogens (tertiary/aromatic N) is 2. The topological polar surface area (TPSA) is 52.7 Å². The Balaban J connectivity index is 0.00000162. The van der Waals surface area contributed by atoms with E-state index in [1.165, 1.54) is 0 Å². The first-order chi connectivity index (χ1) is 8.15. The predicted molar refractivity (Wildman–Crippen MR) is 84.4 cm³/mol. The van der Waals surface area contributed by atoms with Crippen LogP contribution in [-0.4, -0.2) is 66.3 Å². The van der Waals surface area contributed by atoms with Gasteiger partial charge in [0.05, 0.1) is 6.10 Å². The third-order valence-electron chi connectivity index (χ3n) is 4.31. The Morgan fingerprint density at radius 1 is 1.00 bits per heavy atom. The van der Waals surface area contributed by atoms with Crippen LogP contribution < -0.4 is 5.73 Å². The van der Waals surface area contributed by atoms with Gasteiger partial charge < -0.3 is 20.6 Å². The van der Waals surface area contributed by atoms with Crippen molar-refractivity contribution in [1.29, 1.82) is 0 Å². The second kappa shape index (κ2) is 9.37. The Hall–Kier alpha value is 0.420. The summed E-state index contributed by atoms with van der Waals surface area (Å²) in [5.74, 6) is 0.429. The molecule has 0 aliphatic carbocycles. The monoisotopic (exact) mass is 313 g/mol. The fourth-order valence-corrected chi connectivity index (χ4v) is 2.88. The molecule has 0 bridgehead atoms. The molecule has 116 valence electrons. The van der Waals surface area contributed by atoms with Gasteiger partial charge in [-0.1, -0.05) is 6.92 Å². The molecule has 2 heterocycles. The lowest BCUT2D eigenvalue weighted by atomic mass is 9.97. The molecule has 2 saturated heterocycles. The Morgan fingerprint density at radius 2 is 1.53 bits per heavy atom. The largest absolute Gasteiger partial charge is 0.393 e. The van der Waals surface area contributed by atoms with Crippen LogP contribution >= 0.6 is 24.8 Å². The van der Waals surface area contributed by atoms with Gasteiger partial charge in [0.1, 0.15) is 0 Å². The minimum atomic E-state index is -0.0840. The van der Waals surface area contributed by atoms with Crippen LogP contribution in [0.25, 0.3) is 0 Å². The van der Waals surface area contributed by atoms with Gasteiger partial charge in [0, 0.05) is 32.2 Å². The molecule has 3 N–H and O–H groups in total. The fraction of sp³-hybridized carbons (Fsp3) is 1.00. The van der Waals surface area contributed by atoms with E-state index in [1.54, 1.807) is 0 Å². The third-order valence-corrected chi connectivity index (χ3v) is 4.31. The molecule has 6 heteroatoms. The fourth-order valence-electron chi connectivity index (χ4n) is 2.88. The van der Waals surface area contributed by atoms with Crippen molar-refractivity contribution in [2.45, 2.75) is 38.3 Å². The summed E-state index contributed by atoms with van der Waals surface area (Å²) in [6.07, 6.45) is 3.15. The maximum Gasteiger partial charge on any atom is 0.0590 e. The van der Waals surface area contributed by atoms with Crippen molar-refractivity contribution in [2.24, 2.45) is 11.7 Å². The molecule has 2 aliphatic rings. The van der Waals surface area contributed by atoms with E-state index in [2.05, 4.69) is 16.7 Å². The van der Waals surface area contributed by atoms with E-state index in [4.69, 9.17) is 5.73 Å². The van der Waals surface area contributed by atoms with Crippen LogP contribution in [0.2, 0.25) is 0 Å². The van der Waals surface area contributed by atoms with Crippen molar-refractivity contribution in [2.75, 3.05) is 39.3 Å². The number of likely N-dealkylation sites (tertiary alicyclic amines) is 2. The van der Waals surface area contributed by atoms with Gasteiger partial charge in [-0.2, -0.15) is 0 Å². The maximum atomic E-state index is 9.69. The number of halogens is 2. The molecule has 2 atom stereocenters. The average molecular weight is 314 g/mol. The molecule has 2 fully saturated rings. The van der Waals surface area contributed by atoms with Crippen LogP contribution in [0, 0.1) is 5.92 Å². The highest BCUT2D eigenvalue weighted by molar-refractivity contribution is 5.85. The Morgan fingerprint density at radius 3 is 2.11 bits per heavy atom. The first-order valence-electron chi connectivity index (χ1n) is 7.03. The van der Waals surface area contributed by atoms with Gasteiger partial charge in [-0.05, 0) is 38.3 Å². The van der Waals surface area contributed by atoms with E-state index in [-0.39, 0.29) is 30.9 Å². The van der Waals surface area contributed by atoms with Gasteiger partial charge in [0.15, 0.2) is 0 Å². The summed E-state index contributed by atoms with van der Waals surface area (Å²) >= 11 is 0. The summed E-state index contributed by atoms with van der Waals surface area (Å²) in [6.45, 7) is 8.88. The zero-order chi connectivity index (χ0) is 12.3. The lowest BCUT2D eigenvalue weighted by Gasteiger charge is -2.36. The SMILES string of the molecule is C[C@H]1CN(CCN2CCC(N)CC2)CC[C@@H]1O.Cl.Cl. The molecule has 0 aromatic rings. The molecule has 0 saturated carbocycles. The Kier molecular flexibility index (Phi) is 9.58. The zero-order valence-corrected chi connectivity index (χ0v) is 13.5. The number of rotatable bonds is 3. The van der Waals surface area contributed by atoms with Crippen molar-refractivity contribution in [3.63, 3.8) is 0 Å². The summed E-state index contributed by atoms with van der Waals surface area (Å²) < 4.78 is 0. The first-order valence-corrected chi connectivity index (χ1v) is 7.03. The molecular weight excluding hydrogens is 285 g/mol. The van der Waals surface area contributed by atoms with Crippen molar-refractivity contribution < 1.29 is 5.11 Å². The molecule has 19 heavy (non-hydrogen) atoms. The third kappa shape index (κ3) is 6.15. The molecule has 0 radical (unpaired) electrons. The highest BCUT2D eigenvalue weighted by Gasteiger charge is 2.24. The van der Waals surface area contributed by atoms with Crippen LogP contribution in [0.1, 0.15) is 26.2 Å². The number of hydrogen-bond acceptors (Lipinski definition) is 4. The minimum Gasteiger partial charge on any atom is -0.393 e. The van der Waals surface area contributed by atoms with Crippen LogP contribution in [0.4, 0.5) is 0 Å². The Bertz CT molecular complexity index is 238. The van der Waals surface area contributed by atoms with Gasteiger partial charge >= 0.3 is 0 Å².